The number of amides is 1. The molecule has 0 spiro atoms. The van der Waals surface area contributed by atoms with Crippen molar-refractivity contribution >= 4 is 15.9 Å². The molecule has 0 aliphatic carbocycles. The summed E-state index contributed by atoms with van der Waals surface area (Å²) >= 11 is 0. The molecule has 2 fully saturated rings. The van der Waals surface area contributed by atoms with Gasteiger partial charge >= 0.3 is 0 Å². The highest BCUT2D eigenvalue weighted by molar-refractivity contribution is 7.89. The van der Waals surface area contributed by atoms with Crippen LogP contribution < -0.4 is 5.32 Å². The molecule has 2 aliphatic rings. The van der Waals surface area contributed by atoms with Crippen molar-refractivity contribution in [2.45, 2.75) is 31.6 Å². The van der Waals surface area contributed by atoms with Crippen LogP contribution in [0.4, 0.5) is 0 Å². The lowest BCUT2D eigenvalue weighted by Gasteiger charge is -2.34. The van der Waals surface area contributed by atoms with Gasteiger partial charge in [-0.1, -0.05) is 13.8 Å². The zero-order valence-corrected chi connectivity index (χ0v) is 17.3. The topological polar surface area (TPSA) is 69.7 Å². The highest BCUT2D eigenvalue weighted by Gasteiger charge is 2.32. The average molecular weight is 394 g/mol. The molecule has 7 heteroatoms. The normalized spacial score (nSPS) is 27.1. The Morgan fingerprint density at radius 2 is 1.74 bits per heavy atom. The third-order valence-electron chi connectivity index (χ3n) is 5.64. The Morgan fingerprint density at radius 1 is 1.11 bits per heavy atom. The van der Waals surface area contributed by atoms with E-state index in [4.69, 9.17) is 0 Å². The molecule has 3 atom stereocenters. The maximum Gasteiger partial charge on any atom is 0.253 e. The lowest BCUT2D eigenvalue weighted by molar-refractivity contribution is 0.0787. The highest BCUT2D eigenvalue weighted by Crippen LogP contribution is 2.27. The Morgan fingerprint density at radius 3 is 2.33 bits per heavy atom. The van der Waals surface area contributed by atoms with E-state index in [0.717, 1.165) is 32.5 Å². The number of sulfonamides is 1. The third kappa shape index (κ3) is 4.52. The van der Waals surface area contributed by atoms with Gasteiger partial charge in [0.2, 0.25) is 10.0 Å². The Balaban J connectivity index is 1.70. The zero-order chi connectivity index (χ0) is 19.6. The maximum absolute atomic E-state index is 13.0. The number of likely N-dealkylation sites (tertiary alicyclic amines) is 1. The molecule has 1 aromatic rings. The van der Waals surface area contributed by atoms with E-state index in [2.05, 4.69) is 19.2 Å². The van der Waals surface area contributed by atoms with E-state index in [1.54, 1.807) is 28.6 Å². The SMILES string of the molecule is CNCC1CCN(C(=O)c2ccc(S(=O)(=O)N3CC(C)CC(C)C3)cc2)C1. The van der Waals surface area contributed by atoms with Crippen LogP contribution >= 0.6 is 0 Å². The first-order valence-electron chi connectivity index (χ1n) is 9.85. The van der Waals surface area contributed by atoms with E-state index in [1.165, 1.54) is 0 Å². The fourth-order valence-electron chi connectivity index (χ4n) is 4.38. The molecule has 1 aromatic carbocycles. The molecule has 3 rings (SSSR count). The van der Waals surface area contributed by atoms with Crippen molar-refractivity contribution in [1.82, 2.24) is 14.5 Å². The molecule has 3 unspecified atom stereocenters. The van der Waals surface area contributed by atoms with Gasteiger partial charge in [0, 0.05) is 31.7 Å². The number of benzene rings is 1. The molecule has 2 saturated heterocycles. The number of nitrogens with one attached hydrogen (secondary N) is 1. The van der Waals surface area contributed by atoms with Gasteiger partial charge in [-0.15, -0.1) is 0 Å². The van der Waals surface area contributed by atoms with Crippen LogP contribution in [0.5, 0.6) is 0 Å². The molecule has 0 bridgehead atoms. The van der Waals surface area contributed by atoms with Gasteiger partial charge < -0.3 is 10.2 Å². The van der Waals surface area contributed by atoms with Crippen LogP contribution in [-0.4, -0.2) is 63.3 Å². The van der Waals surface area contributed by atoms with Gasteiger partial charge in [-0.25, -0.2) is 8.42 Å². The average Bonchev–Trinajstić information content (AvgIpc) is 3.09. The predicted octanol–water partition coefficient (Wildman–Crippen LogP) is 2.03. The maximum atomic E-state index is 13.0. The van der Waals surface area contributed by atoms with Gasteiger partial charge in [-0.3, -0.25) is 4.79 Å². The molecule has 27 heavy (non-hydrogen) atoms. The van der Waals surface area contributed by atoms with E-state index in [0.29, 0.717) is 36.4 Å². The zero-order valence-electron chi connectivity index (χ0n) is 16.5. The number of hydrogen-bond donors (Lipinski definition) is 1. The summed E-state index contributed by atoms with van der Waals surface area (Å²) in [6, 6.07) is 6.45. The Labute approximate surface area is 163 Å². The quantitative estimate of drug-likeness (QED) is 0.831. The van der Waals surface area contributed by atoms with Gasteiger partial charge in [-0.05, 0) is 68.5 Å². The Bertz CT molecular complexity index is 753. The van der Waals surface area contributed by atoms with Crippen LogP contribution in [0.1, 0.15) is 37.0 Å². The summed E-state index contributed by atoms with van der Waals surface area (Å²) in [5, 5.41) is 3.16. The minimum atomic E-state index is -3.51. The standard InChI is InChI=1S/C20H31N3O3S/c1-15-10-16(2)13-23(12-15)27(25,26)19-6-4-18(5-7-19)20(24)22-9-8-17(14-22)11-21-3/h4-7,15-17,21H,8-14H2,1-3H3. The van der Waals surface area contributed by atoms with Crippen LogP contribution in [0.3, 0.4) is 0 Å². The smallest absolute Gasteiger partial charge is 0.253 e. The van der Waals surface area contributed by atoms with Gasteiger partial charge in [-0.2, -0.15) is 4.31 Å². The summed E-state index contributed by atoms with van der Waals surface area (Å²) in [4.78, 5) is 14.8. The second-order valence-corrected chi connectivity index (χ2v) is 10.2. The summed E-state index contributed by atoms with van der Waals surface area (Å²) < 4.78 is 27.5. The molecule has 2 aliphatic heterocycles. The molecule has 0 aromatic heterocycles. The molecule has 0 saturated carbocycles. The van der Waals surface area contributed by atoms with E-state index in [-0.39, 0.29) is 10.8 Å². The van der Waals surface area contributed by atoms with Crippen molar-refractivity contribution in [2.75, 3.05) is 39.8 Å². The minimum absolute atomic E-state index is 0.0160. The third-order valence-corrected chi connectivity index (χ3v) is 7.49. The summed E-state index contributed by atoms with van der Waals surface area (Å²) in [6.45, 7) is 7.74. The van der Waals surface area contributed by atoms with Crippen LogP contribution in [-0.2, 0) is 10.0 Å². The monoisotopic (exact) mass is 393 g/mol. The number of piperidine rings is 1. The first-order chi connectivity index (χ1) is 12.8. The molecular formula is C20H31N3O3S. The fourth-order valence-corrected chi connectivity index (χ4v) is 6.06. The van der Waals surface area contributed by atoms with E-state index in [9.17, 15) is 13.2 Å². The number of carbonyl (C=O) groups excluding carboxylic acids is 1. The van der Waals surface area contributed by atoms with Crippen LogP contribution in [0, 0.1) is 17.8 Å². The lowest BCUT2D eigenvalue weighted by Crippen LogP contribution is -2.42. The lowest BCUT2D eigenvalue weighted by atomic mass is 9.94. The predicted molar refractivity (Wildman–Crippen MR) is 106 cm³/mol. The molecular weight excluding hydrogens is 362 g/mol. The number of carbonyl (C=O) groups is 1. The Kier molecular flexibility index (Phi) is 6.23. The van der Waals surface area contributed by atoms with Crippen molar-refractivity contribution in [2.24, 2.45) is 17.8 Å². The van der Waals surface area contributed by atoms with Crippen LogP contribution in [0.15, 0.2) is 29.2 Å². The van der Waals surface area contributed by atoms with Gasteiger partial charge in [0.1, 0.15) is 0 Å². The van der Waals surface area contributed by atoms with Crippen molar-refractivity contribution < 1.29 is 13.2 Å². The van der Waals surface area contributed by atoms with E-state index >= 15 is 0 Å². The first-order valence-corrected chi connectivity index (χ1v) is 11.3. The second kappa shape index (κ2) is 8.29. The minimum Gasteiger partial charge on any atom is -0.338 e. The number of hydrogen-bond acceptors (Lipinski definition) is 4. The van der Waals surface area contributed by atoms with Crippen molar-refractivity contribution in [3.8, 4) is 0 Å². The summed E-state index contributed by atoms with van der Waals surface area (Å²) in [5.41, 5.74) is 0.555. The van der Waals surface area contributed by atoms with Crippen LogP contribution in [0.2, 0.25) is 0 Å². The molecule has 1 amide bonds. The van der Waals surface area contributed by atoms with E-state index in [1.807, 2.05) is 11.9 Å². The van der Waals surface area contributed by atoms with Gasteiger partial charge in [0.15, 0.2) is 0 Å². The fraction of sp³-hybridized carbons (Fsp3) is 0.650. The van der Waals surface area contributed by atoms with Gasteiger partial charge in [0.05, 0.1) is 4.90 Å². The molecule has 150 valence electrons. The van der Waals surface area contributed by atoms with Crippen LogP contribution in [0.25, 0.3) is 0 Å². The van der Waals surface area contributed by atoms with Crippen molar-refractivity contribution in [3.63, 3.8) is 0 Å². The summed E-state index contributed by atoms with van der Waals surface area (Å²) in [7, 11) is -1.58. The number of rotatable bonds is 5. The molecule has 2 heterocycles. The summed E-state index contributed by atoms with van der Waals surface area (Å²) in [6.07, 6.45) is 2.06. The number of nitrogens with zero attached hydrogens (tertiary/aromatic N) is 2. The first kappa shape index (κ1) is 20.3. The summed E-state index contributed by atoms with van der Waals surface area (Å²) in [5.74, 6) is 1.20. The van der Waals surface area contributed by atoms with Crippen molar-refractivity contribution in [3.05, 3.63) is 29.8 Å². The van der Waals surface area contributed by atoms with Gasteiger partial charge in [0.25, 0.3) is 5.91 Å². The van der Waals surface area contributed by atoms with E-state index < -0.39 is 10.0 Å². The highest BCUT2D eigenvalue weighted by atomic mass is 32.2. The molecule has 1 N–H and O–H groups in total. The largest absolute Gasteiger partial charge is 0.338 e. The molecule has 0 radical (unpaired) electrons. The van der Waals surface area contributed by atoms with Crippen molar-refractivity contribution in [1.29, 1.82) is 0 Å². The molecule has 6 nitrogen and oxygen atoms in total. The second-order valence-electron chi connectivity index (χ2n) is 8.26. The Hall–Kier alpha value is -1.44.